The molecule has 10 heteroatoms. The number of carbonyl (C=O) groups is 2. The Morgan fingerprint density at radius 3 is 1.18 bits per heavy atom. The van der Waals surface area contributed by atoms with Crippen LogP contribution in [0.5, 0.6) is 0 Å². The lowest BCUT2D eigenvalue weighted by Gasteiger charge is -2.40. The first-order chi connectivity index (χ1) is 18.1. The number of allylic oxidation sites excluding steroid dienone is 2. The summed E-state index contributed by atoms with van der Waals surface area (Å²) in [5.41, 5.74) is -1.43. The van der Waals surface area contributed by atoms with Crippen LogP contribution in [0.15, 0.2) is 35.4 Å². The van der Waals surface area contributed by atoms with E-state index in [-0.39, 0.29) is 36.2 Å². The minimum Gasteiger partial charge on any atom is -0.294 e. The van der Waals surface area contributed by atoms with Crippen molar-refractivity contribution in [3.63, 3.8) is 0 Å². The maximum atomic E-state index is 13.6. The third kappa shape index (κ3) is 5.16. The smallest absolute Gasteiger partial charge is 0.265 e. The summed E-state index contributed by atoms with van der Waals surface area (Å²) in [6.07, 6.45) is 4.06. The normalized spacial score (nSPS) is 32.4. The summed E-state index contributed by atoms with van der Waals surface area (Å²) in [5.74, 6) is -2.33. The number of Topliss-reactive ketones (excluding diaryl/α,β-unsaturated/α-hetero) is 2. The van der Waals surface area contributed by atoms with Crippen molar-refractivity contribution >= 4 is 44.0 Å². The molecule has 0 aromatic heterocycles. The van der Waals surface area contributed by atoms with Crippen molar-refractivity contribution in [2.75, 3.05) is 11.5 Å². The minimum absolute atomic E-state index is 0.257. The second-order valence-electron chi connectivity index (χ2n) is 12.7. The lowest BCUT2D eigenvalue weighted by atomic mass is 9.64. The fourth-order valence-electron chi connectivity index (χ4n) is 7.13. The van der Waals surface area contributed by atoms with E-state index in [2.05, 4.69) is 0 Å². The first-order valence-electron chi connectivity index (χ1n) is 13.6. The molecule has 2 saturated carbocycles. The van der Waals surface area contributed by atoms with E-state index in [9.17, 15) is 35.5 Å². The maximum absolute atomic E-state index is 13.6. The van der Waals surface area contributed by atoms with E-state index in [0.29, 0.717) is 11.1 Å². The number of benzene rings is 1. The number of hydrogen-bond donors (Lipinski definition) is 2. The van der Waals surface area contributed by atoms with Crippen LogP contribution in [0.1, 0.15) is 79.4 Å². The molecule has 40 heavy (non-hydrogen) atoms. The van der Waals surface area contributed by atoms with Crippen molar-refractivity contribution in [3.8, 4) is 0 Å². The highest BCUT2D eigenvalue weighted by Crippen LogP contribution is 2.60. The van der Waals surface area contributed by atoms with Gasteiger partial charge in [0.2, 0.25) is 0 Å². The zero-order chi connectivity index (χ0) is 30.7. The van der Waals surface area contributed by atoms with Gasteiger partial charge in [0.25, 0.3) is 20.2 Å². The highest BCUT2D eigenvalue weighted by Gasteiger charge is 2.62. The van der Waals surface area contributed by atoms with Crippen molar-refractivity contribution in [3.05, 3.63) is 46.5 Å². The molecule has 0 spiro atoms. The van der Waals surface area contributed by atoms with Crippen LogP contribution in [0.3, 0.4) is 0 Å². The van der Waals surface area contributed by atoms with Crippen molar-refractivity contribution in [1.82, 2.24) is 0 Å². The third-order valence-corrected chi connectivity index (χ3v) is 12.3. The molecular formula is C30H42O8S2. The fourth-order valence-corrected chi connectivity index (χ4v) is 9.79. The summed E-state index contributed by atoms with van der Waals surface area (Å²) in [4.78, 5) is 27.3. The lowest BCUT2D eigenvalue weighted by molar-refractivity contribution is -0.126. The lowest BCUT2D eigenvalue weighted by Crippen LogP contribution is -2.45. The average molecular weight is 595 g/mol. The molecular weight excluding hydrogens is 552 g/mol. The van der Waals surface area contributed by atoms with Crippen molar-refractivity contribution in [2.24, 2.45) is 33.5 Å². The molecule has 222 valence electrons. The van der Waals surface area contributed by atoms with E-state index in [1.807, 2.05) is 65.8 Å². The first-order valence-corrected chi connectivity index (χ1v) is 16.8. The zero-order valence-electron chi connectivity index (χ0n) is 24.6. The van der Waals surface area contributed by atoms with E-state index in [0.717, 1.165) is 11.1 Å². The Balaban J connectivity index is 2.00. The molecule has 2 N–H and O–H groups in total. The number of rotatable bonds is 8. The molecule has 0 heterocycles. The van der Waals surface area contributed by atoms with Gasteiger partial charge in [-0.15, -0.1) is 0 Å². The predicted molar refractivity (Wildman–Crippen MR) is 157 cm³/mol. The van der Waals surface area contributed by atoms with Gasteiger partial charge in [-0.05, 0) is 69.9 Å². The Kier molecular flexibility index (Phi) is 8.33. The Morgan fingerprint density at radius 2 is 0.950 bits per heavy atom. The van der Waals surface area contributed by atoms with Gasteiger partial charge >= 0.3 is 0 Å². The molecule has 0 amide bonds. The van der Waals surface area contributed by atoms with Crippen LogP contribution in [0.2, 0.25) is 0 Å². The Labute approximate surface area is 238 Å². The SMILES string of the molecule is CCC1(CS(=O)(=O)O)C(=O)/C(=C\c2ccc(/C=C3\C(=O)C(CC)(CS(=O)(=O)O)C(C)(C)C3C)cc2)C(C)C1(C)C. The van der Waals surface area contributed by atoms with E-state index >= 15 is 0 Å². The second-order valence-corrected chi connectivity index (χ2v) is 15.6. The summed E-state index contributed by atoms with van der Waals surface area (Å²) in [5, 5.41) is 0. The molecule has 3 rings (SSSR count). The molecule has 4 atom stereocenters. The van der Waals surface area contributed by atoms with Gasteiger partial charge in [-0.1, -0.05) is 79.7 Å². The van der Waals surface area contributed by atoms with E-state index < -0.39 is 53.4 Å². The topological polar surface area (TPSA) is 143 Å². The van der Waals surface area contributed by atoms with Gasteiger partial charge in [0.1, 0.15) is 0 Å². The van der Waals surface area contributed by atoms with Crippen LogP contribution in [0.25, 0.3) is 12.2 Å². The monoisotopic (exact) mass is 594 g/mol. The van der Waals surface area contributed by atoms with Gasteiger partial charge in [0.15, 0.2) is 11.6 Å². The summed E-state index contributed by atoms with van der Waals surface area (Å²) in [6, 6.07) is 7.23. The zero-order valence-corrected chi connectivity index (χ0v) is 26.2. The predicted octanol–water partition coefficient (Wildman–Crippen LogP) is 5.51. The summed E-state index contributed by atoms with van der Waals surface area (Å²) >= 11 is 0. The van der Waals surface area contributed by atoms with Crippen molar-refractivity contribution in [2.45, 2.75) is 68.2 Å². The highest BCUT2D eigenvalue weighted by molar-refractivity contribution is 7.86. The minimum atomic E-state index is -4.39. The van der Waals surface area contributed by atoms with Gasteiger partial charge in [-0.3, -0.25) is 18.7 Å². The number of carbonyl (C=O) groups excluding carboxylic acids is 2. The molecule has 1 aromatic carbocycles. The molecule has 8 nitrogen and oxygen atoms in total. The van der Waals surface area contributed by atoms with Gasteiger partial charge in [0.05, 0.1) is 22.3 Å². The first kappa shape index (κ1) is 32.4. The van der Waals surface area contributed by atoms with E-state index in [4.69, 9.17) is 0 Å². The average Bonchev–Trinajstić information content (AvgIpc) is 3.05. The molecule has 0 radical (unpaired) electrons. The standard InChI is InChI=1S/C30H42O8S2/c1-9-29(17-39(33,34)35)25(31)23(19(3)27(29,5)6)15-21-11-13-22(14-12-21)16-24-20(4)28(7,8)30(10-2,26(24)32)18-40(36,37)38/h11-16,19-20H,9-10,17-18H2,1-8H3,(H,33,34,35)(H,36,37,38)/b23-15-,24-16-. The van der Waals surface area contributed by atoms with Crippen LogP contribution < -0.4 is 0 Å². The van der Waals surface area contributed by atoms with Crippen LogP contribution in [-0.4, -0.2) is 49.0 Å². The van der Waals surface area contributed by atoms with Crippen molar-refractivity contribution < 1.29 is 35.5 Å². The van der Waals surface area contributed by atoms with Gasteiger partial charge < -0.3 is 0 Å². The van der Waals surface area contributed by atoms with Crippen LogP contribution in [0.4, 0.5) is 0 Å². The molecule has 0 bridgehead atoms. The van der Waals surface area contributed by atoms with Crippen LogP contribution in [0, 0.1) is 33.5 Å². The van der Waals surface area contributed by atoms with Gasteiger partial charge in [0, 0.05) is 0 Å². The maximum Gasteiger partial charge on any atom is 0.265 e. The Morgan fingerprint density at radius 1 is 0.675 bits per heavy atom. The molecule has 0 saturated heterocycles. The summed E-state index contributed by atoms with van der Waals surface area (Å²) < 4.78 is 66.7. The van der Waals surface area contributed by atoms with Crippen LogP contribution in [-0.2, 0) is 29.8 Å². The number of ketones is 2. The molecule has 2 aliphatic carbocycles. The molecule has 2 aliphatic rings. The molecule has 4 unspecified atom stereocenters. The largest absolute Gasteiger partial charge is 0.294 e. The summed E-state index contributed by atoms with van der Waals surface area (Å²) in [7, 11) is -8.77. The van der Waals surface area contributed by atoms with Crippen LogP contribution >= 0.6 is 0 Å². The third-order valence-electron chi connectivity index (χ3n) is 10.6. The second kappa shape index (κ2) is 10.3. The molecule has 0 aliphatic heterocycles. The fraction of sp³-hybridized carbons (Fsp3) is 0.600. The Bertz CT molecular complexity index is 1370. The van der Waals surface area contributed by atoms with Gasteiger partial charge in [-0.2, -0.15) is 16.8 Å². The molecule has 1 aromatic rings. The van der Waals surface area contributed by atoms with Crippen molar-refractivity contribution in [1.29, 1.82) is 0 Å². The molecule has 2 fully saturated rings. The quantitative estimate of drug-likeness (QED) is 0.296. The summed E-state index contributed by atoms with van der Waals surface area (Å²) in [6.45, 7) is 14.8. The highest BCUT2D eigenvalue weighted by atomic mass is 32.2. The van der Waals surface area contributed by atoms with Gasteiger partial charge in [-0.25, -0.2) is 0 Å². The number of hydrogen-bond acceptors (Lipinski definition) is 6. The van der Waals surface area contributed by atoms with E-state index in [1.165, 1.54) is 0 Å². The van der Waals surface area contributed by atoms with E-state index in [1.54, 1.807) is 26.0 Å². The Hall–Kier alpha value is -2.14.